The number of halogens is 1. The predicted molar refractivity (Wildman–Crippen MR) is 77.4 cm³/mol. The average molecular weight is 287 g/mol. The second kappa shape index (κ2) is 5.68. The van der Waals surface area contributed by atoms with Crippen LogP contribution >= 0.6 is 0 Å². The standard InChI is InChI=1S/C16H18FN3O/c1-11-10-18-15(19-11)16(21)20-8-3-2-7-14(20)12-5-4-6-13(17)9-12/h4-6,9-10,14H,2-3,7-8H2,1H3,(H,18,19)/t14-/m0/s1. The van der Waals surface area contributed by atoms with Gasteiger partial charge in [0.15, 0.2) is 5.82 Å². The van der Waals surface area contributed by atoms with E-state index in [-0.39, 0.29) is 17.8 Å². The number of rotatable bonds is 2. The first-order valence-electron chi connectivity index (χ1n) is 7.23. The molecule has 0 radical (unpaired) electrons. The number of amides is 1. The van der Waals surface area contributed by atoms with E-state index in [0.717, 1.165) is 30.5 Å². The maximum Gasteiger partial charge on any atom is 0.290 e. The second-order valence-corrected chi connectivity index (χ2v) is 5.48. The van der Waals surface area contributed by atoms with Crippen LogP contribution in [0, 0.1) is 12.7 Å². The Morgan fingerprint density at radius 2 is 2.29 bits per heavy atom. The number of hydrogen-bond donors (Lipinski definition) is 1. The Bertz CT molecular complexity index is 652. The van der Waals surface area contributed by atoms with Crippen LogP contribution in [-0.2, 0) is 0 Å². The Balaban J connectivity index is 1.89. The van der Waals surface area contributed by atoms with Crippen LogP contribution in [0.1, 0.15) is 47.2 Å². The van der Waals surface area contributed by atoms with Crippen molar-refractivity contribution in [2.75, 3.05) is 6.54 Å². The Morgan fingerprint density at radius 1 is 1.43 bits per heavy atom. The van der Waals surface area contributed by atoms with E-state index in [1.165, 1.54) is 12.1 Å². The van der Waals surface area contributed by atoms with Gasteiger partial charge in [-0.15, -0.1) is 0 Å². The van der Waals surface area contributed by atoms with Gasteiger partial charge in [0.2, 0.25) is 0 Å². The zero-order valence-corrected chi connectivity index (χ0v) is 12.0. The number of likely N-dealkylation sites (tertiary alicyclic amines) is 1. The fraction of sp³-hybridized carbons (Fsp3) is 0.375. The van der Waals surface area contributed by atoms with Gasteiger partial charge in [-0.1, -0.05) is 12.1 Å². The highest BCUT2D eigenvalue weighted by Crippen LogP contribution is 2.32. The van der Waals surface area contributed by atoms with Gasteiger partial charge in [0.05, 0.1) is 6.04 Å². The molecule has 0 saturated carbocycles. The number of H-pyrrole nitrogens is 1. The predicted octanol–water partition coefficient (Wildman–Crippen LogP) is 3.22. The highest BCUT2D eigenvalue weighted by atomic mass is 19.1. The number of hydrogen-bond acceptors (Lipinski definition) is 2. The molecule has 0 aliphatic carbocycles. The van der Waals surface area contributed by atoms with Crippen LogP contribution in [0.4, 0.5) is 4.39 Å². The van der Waals surface area contributed by atoms with Crippen molar-refractivity contribution in [2.45, 2.75) is 32.2 Å². The van der Waals surface area contributed by atoms with Crippen molar-refractivity contribution in [3.63, 3.8) is 0 Å². The van der Waals surface area contributed by atoms with Gasteiger partial charge in [-0.25, -0.2) is 9.37 Å². The maximum atomic E-state index is 13.5. The van der Waals surface area contributed by atoms with Crippen LogP contribution in [0.2, 0.25) is 0 Å². The fourth-order valence-corrected chi connectivity index (χ4v) is 2.89. The molecule has 1 aromatic carbocycles. The molecule has 3 rings (SSSR count). The van der Waals surface area contributed by atoms with E-state index in [1.807, 2.05) is 13.0 Å². The van der Waals surface area contributed by atoms with Gasteiger partial charge in [-0.2, -0.15) is 0 Å². The molecular weight excluding hydrogens is 269 g/mol. The van der Waals surface area contributed by atoms with Crippen LogP contribution in [0.3, 0.4) is 0 Å². The van der Waals surface area contributed by atoms with Crippen molar-refractivity contribution in [1.82, 2.24) is 14.9 Å². The number of benzene rings is 1. The third kappa shape index (κ3) is 2.82. The Morgan fingerprint density at radius 3 is 3.00 bits per heavy atom. The van der Waals surface area contributed by atoms with Crippen molar-refractivity contribution in [1.29, 1.82) is 0 Å². The molecule has 0 spiro atoms. The van der Waals surface area contributed by atoms with Crippen molar-refractivity contribution >= 4 is 5.91 Å². The summed E-state index contributed by atoms with van der Waals surface area (Å²) in [6, 6.07) is 6.44. The molecule has 2 aromatic rings. The lowest BCUT2D eigenvalue weighted by molar-refractivity contribution is 0.0599. The molecule has 1 aliphatic rings. The normalized spacial score (nSPS) is 18.8. The van der Waals surface area contributed by atoms with Gasteiger partial charge in [-0.3, -0.25) is 4.79 Å². The quantitative estimate of drug-likeness (QED) is 0.922. The number of piperidine rings is 1. The molecule has 4 nitrogen and oxygen atoms in total. The molecule has 1 N–H and O–H groups in total. The highest BCUT2D eigenvalue weighted by Gasteiger charge is 2.30. The van der Waals surface area contributed by atoms with E-state index in [2.05, 4.69) is 9.97 Å². The first-order valence-corrected chi connectivity index (χ1v) is 7.23. The van der Waals surface area contributed by atoms with Crippen molar-refractivity contribution in [3.8, 4) is 0 Å². The first-order chi connectivity index (χ1) is 10.1. The third-order valence-electron chi connectivity index (χ3n) is 3.90. The molecule has 1 atom stereocenters. The molecule has 0 bridgehead atoms. The van der Waals surface area contributed by atoms with Gasteiger partial charge in [0.1, 0.15) is 5.82 Å². The summed E-state index contributed by atoms with van der Waals surface area (Å²) in [6.45, 7) is 2.55. The number of aryl methyl sites for hydroxylation is 1. The van der Waals surface area contributed by atoms with Crippen LogP contribution < -0.4 is 0 Å². The Hall–Kier alpha value is -2.17. The zero-order valence-electron chi connectivity index (χ0n) is 12.0. The van der Waals surface area contributed by atoms with E-state index < -0.39 is 0 Å². The summed E-state index contributed by atoms with van der Waals surface area (Å²) in [5.74, 6) is -0.0211. The van der Waals surface area contributed by atoms with E-state index in [4.69, 9.17) is 0 Å². The van der Waals surface area contributed by atoms with Gasteiger partial charge in [0.25, 0.3) is 5.91 Å². The number of carbonyl (C=O) groups excluding carboxylic acids is 1. The summed E-state index contributed by atoms with van der Waals surface area (Å²) in [5.41, 5.74) is 1.71. The van der Waals surface area contributed by atoms with Gasteiger partial charge in [0, 0.05) is 18.4 Å². The monoisotopic (exact) mass is 287 g/mol. The van der Waals surface area contributed by atoms with Gasteiger partial charge in [-0.05, 0) is 43.9 Å². The molecule has 1 saturated heterocycles. The van der Waals surface area contributed by atoms with Crippen LogP contribution in [0.5, 0.6) is 0 Å². The minimum atomic E-state index is -0.265. The molecule has 1 aromatic heterocycles. The van der Waals surface area contributed by atoms with Crippen LogP contribution in [0.25, 0.3) is 0 Å². The summed E-state index contributed by atoms with van der Waals surface area (Å²) in [7, 11) is 0. The molecule has 1 fully saturated rings. The van der Waals surface area contributed by atoms with Crippen molar-refractivity contribution in [3.05, 3.63) is 53.4 Å². The summed E-state index contributed by atoms with van der Waals surface area (Å²) in [6.07, 6.45) is 4.52. The van der Waals surface area contributed by atoms with E-state index >= 15 is 0 Å². The lowest BCUT2D eigenvalue weighted by Gasteiger charge is -2.35. The SMILES string of the molecule is Cc1cnc(C(=O)N2CCCC[C@H]2c2cccc(F)c2)[nH]1. The largest absolute Gasteiger partial charge is 0.338 e. The van der Waals surface area contributed by atoms with Gasteiger partial charge < -0.3 is 9.88 Å². The van der Waals surface area contributed by atoms with E-state index in [1.54, 1.807) is 17.2 Å². The number of carbonyl (C=O) groups is 1. The molecular formula is C16H18FN3O. The number of nitrogens with zero attached hydrogens (tertiary/aromatic N) is 2. The third-order valence-corrected chi connectivity index (χ3v) is 3.90. The fourth-order valence-electron chi connectivity index (χ4n) is 2.89. The van der Waals surface area contributed by atoms with Crippen LogP contribution in [-0.4, -0.2) is 27.3 Å². The summed E-state index contributed by atoms with van der Waals surface area (Å²) in [4.78, 5) is 21.5. The molecule has 1 amide bonds. The van der Waals surface area contributed by atoms with Crippen LogP contribution in [0.15, 0.2) is 30.5 Å². The summed E-state index contributed by atoms with van der Waals surface area (Å²) in [5, 5.41) is 0. The first kappa shape index (κ1) is 13.8. The molecule has 1 aliphatic heterocycles. The Kier molecular flexibility index (Phi) is 3.73. The minimum Gasteiger partial charge on any atom is -0.338 e. The number of aromatic amines is 1. The molecule has 5 heteroatoms. The van der Waals surface area contributed by atoms with E-state index in [0.29, 0.717) is 12.4 Å². The number of imidazole rings is 1. The number of aromatic nitrogens is 2. The smallest absolute Gasteiger partial charge is 0.290 e. The lowest BCUT2D eigenvalue weighted by Crippen LogP contribution is -2.39. The van der Waals surface area contributed by atoms with E-state index in [9.17, 15) is 9.18 Å². The lowest BCUT2D eigenvalue weighted by atomic mass is 9.95. The minimum absolute atomic E-state index is 0.0765. The summed E-state index contributed by atoms with van der Waals surface area (Å²) >= 11 is 0. The molecule has 2 heterocycles. The van der Waals surface area contributed by atoms with Gasteiger partial charge >= 0.3 is 0 Å². The second-order valence-electron chi connectivity index (χ2n) is 5.48. The zero-order chi connectivity index (χ0) is 14.8. The molecule has 110 valence electrons. The molecule has 21 heavy (non-hydrogen) atoms. The van der Waals surface area contributed by atoms with Crippen molar-refractivity contribution in [2.24, 2.45) is 0 Å². The Labute approximate surface area is 123 Å². The average Bonchev–Trinajstić information content (AvgIpc) is 2.93. The highest BCUT2D eigenvalue weighted by molar-refractivity contribution is 5.91. The molecule has 0 unspecified atom stereocenters. The summed E-state index contributed by atoms with van der Waals surface area (Å²) < 4.78 is 13.5. The number of nitrogens with one attached hydrogen (secondary N) is 1. The van der Waals surface area contributed by atoms with Crippen molar-refractivity contribution < 1.29 is 9.18 Å². The topological polar surface area (TPSA) is 49.0 Å². The maximum absolute atomic E-state index is 13.5.